The second-order valence-electron chi connectivity index (χ2n) is 28.2. The van der Waals surface area contributed by atoms with Gasteiger partial charge in [-0.2, -0.15) is 0 Å². The molecule has 3 aromatic heterocycles. The summed E-state index contributed by atoms with van der Waals surface area (Å²) in [6.07, 6.45) is 0. The van der Waals surface area contributed by atoms with E-state index in [-0.39, 0.29) is 6.71 Å². The van der Waals surface area contributed by atoms with E-state index in [4.69, 9.17) is 0 Å². The molecule has 0 N–H and O–H groups in total. The van der Waals surface area contributed by atoms with E-state index < -0.39 is 5.41 Å². The van der Waals surface area contributed by atoms with E-state index in [1.165, 1.54) is 127 Å². The van der Waals surface area contributed by atoms with Gasteiger partial charge in [-0.1, -0.05) is 267 Å². The van der Waals surface area contributed by atoms with E-state index >= 15 is 0 Å². The first kappa shape index (κ1) is 56.5. The van der Waals surface area contributed by atoms with Gasteiger partial charge in [0, 0.05) is 72.1 Å². The first-order valence-corrected chi connectivity index (χ1v) is 35.8. The van der Waals surface area contributed by atoms with Crippen molar-refractivity contribution in [1.82, 2.24) is 13.7 Å². The zero-order valence-electron chi connectivity index (χ0n) is 56.0. The highest BCUT2D eigenvalue weighted by molar-refractivity contribution is 7.00. The molecular formula is C97H60BN5. The van der Waals surface area contributed by atoms with Gasteiger partial charge in [0.15, 0.2) is 0 Å². The smallest absolute Gasteiger partial charge is 0.252 e. The monoisotopic (exact) mass is 1310 g/mol. The third-order valence-electron chi connectivity index (χ3n) is 23.2. The van der Waals surface area contributed by atoms with Crippen LogP contribution in [0.1, 0.15) is 22.3 Å². The lowest BCUT2D eigenvalue weighted by Gasteiger charge is -2.45. The summed E-state index contributed by atoms with van der Waals surface area (Å²) in [6.45, 7) is -0.239. The van der Waals surface area contributed by atoms with Crippen LogP contribution in [0, 0.1) is 0 Å². The average molecular weight is 1310 g/mol. The van der Waals surface area contributed by atoms with E-state index in [2.05, 4.69) is 387 Å². The van der Waals surface area contributed by atoms with Crippen molar-refractivity contribution in [3.8, 4) is 61.6 Å². The number of aromatic nitrogens is 3. The van der Waals surface area contributed by atoms with Gasteiger partial charge in [0.2, 0.25) is 0 Å². The summed E-state index contributed by atoms with van der Waals surface area (Å²) in [5.74, 6) is 0. The summed E-state index contributed by atoms with van der Waals surface area (Å²) >= 11 is 0. The standard InChI is InChI=1S/C97H60BN5/c1-3-24-61(25-4-1)63-46-48-65(49-47-63)103-93-60-69(102-87-43-20-12-35-76(87)77-36-13-21-44-88(77)102)59-92-95(93)98(84-54-55-90-94(96(84)103)78-37-14-22-45-89(78)100(90)66-29-23-28-64(56-66)62-26-5-2-6-27-62)83-53-51-68(99-85-41-18-10-33-74(85)75-34-11-19-42-86(75)99)58-91(83)101(92)67-50-52-73-72-32-9-17-40-81(72)97(82(73)57-67)79-38-15-7-30-70(79)71-31-8-16-39-80(71)97/h1-60H. The molecule has 0 saturated carbocycles. The van der Waals surface area contributed by atoms with E-state index in [9.17, 15) is 0 Å². The van der Waals surface area contributed by atoms with Gasteiger partial charge < -0.3 is 23.5 Å². The van der Waals surface area contributed by atoms with Crippen LogP contribution < -0.4 is 26.2 Å². The molecule has 23 rings (SSSR count). The third kappa shape index (κ3) is 7.71. The summed E-state index contributed by atoms with van der Waals surface area (Å²) < 4.78 is 7.55. The zero-order valence-corrected chi connectivity index (χ0v) is 56.0. The van der Waals surface area contributed by atoms with Crippen molar-refractivity contribution >= 4 is 123 Å². The van der Waals surface area contributed by atoms with E-state index in [0.29, 0.717) is 0 Å². The number of hydrogen-bond acceptors (Lipinski definition) is 2. The SMILES string of the molecule is c1ccc(-c2ccc(N3c4cc(-n5c6ccccc6c6ccccc65)cc5c4B(c4ccc(-n6c7ccccc7c7ccccc76)cc4N5c4ccc5c(c4)C4(c6ccccc6-c6ccccc64)c4ccccc4-5)c4ccc5c(c43)c3ccccc3n5-c3cccc(-c4ccccc4)c3)cc2)cc1. The second-order valence-corrected chi connectivity index (χ2v) is 28.2. The highest BCUT2D eigenvalue weighted by atomic mass is 15.2. The molecule has 0 radical (unpaired) electrons. The van der Waals surface area contributed by atoms with Crippen LogP contribution in [0.5, 0.6) is 0 Å². The molecule has 476 valence electrons. The summed E-state index contributed by atoms with van der Waals surface area (Å²) in [5, 5.41) is 7.27. The van der Waals surface area contributed by atoms with Crippen LogP contribution in [-0.4, -0.2) is 20.4 Å². The van der Waals surface area contributed by atoms with Crippen molar-refractivity contribution in [3.63, 3.8) is 0 Å². The minimum Gasteiger partial charge on any atom is -0.311 e. The number of para-hydroxylation sites is 5. The molecule has 19 aromatic rings. The van der Waals surface area contributed by atoms with Crippen LogP contribution >= 0.6 is 0 Å². The maximum atomic E-state index is 2.68. The molecule has 0 bridgehead atoms. The topological polar surface area (TPSA) is 21.3 Å². The first-order chi connectivity index (χ1) is 51.1. The van der Waals surface area contributed by atoms with Gasteiger partial charge in [0.1, 0.15) is 0 Å². The Morgan fingerprint density at radius 1 is 0.223 bits per heavy atom. The van der Waals surface area contributed by atoms with Crippen LogP contribution in [-0.2, 0) is 5.41 Å². The van der Waals surface area contributed by atoms with Gasteiger partial charge in [-0.15, -0.1) is 0 Å². The van der Waals surface area contributed by atoms with Gasteiger partial charge >= 0.3 is 0 Å². The number of rotatable bonds is 7. The predicted molar refractivity (Wildman–Crippen MR) is 431 cm³/mol. The predicted octanol–water partition coefficient (Wildman–Crippen LogP) is 22.7. The Labute approximate surface area is 595 Å². The summed E-state index contributed by atoms with van der Waals surface area (Å²) in [4.78, 5) is 5.33. The van der Waals surface area contributed by atoms with Crippen LogP contribution in [0.4, 0.5) is 34.1 Å². The van der Waals surface area contributed by atoms with Crippen molar-refractivity contribution in [1.29, 1.82) is 0 Å². The lowest BCUT2D eigenvalue weighted by molar-refractivity contribution is 0.793. The Hall–Kier alpha value is -13.4. The van der Waals surface area contributed by atoms with Crippen molar-refractivity contribution in [2.75, 3.05) is 9.80 Å². The van der Waals surface area contributed by atoms with Crippen molar-refractivity contribution in [2.24, 2.45) is 0 Å². The largest absolute Gasteiger partial charge is 0.311 e. The molecule has 2 aliphatic carbocycles. The maximum Gasteiger partial charge on any atom is 0.252 e. The van der Waals surface area contributed by atoms with Crippen molar-refractivity contribution < 1.29 is 0 Å². The molecule has 0 unspecified atom stereocenters. The number of nitrogens with zero attached hydrogens (tertiary/aromatic N) is 5. The Kier molecular flexibility index (Phi) is 11.7. The molecule has 5 heterocycles. The summed E-state index contributed by atoms with van der Waals surface area (Å²) in [5.41, 5.74) is 35.1. The molecule has 1 spiro atoms. The molecule has 2 aliphatic heterocycles. The van der Waals surface area contributed by atoms with Crippen LogP contribution in [0.2, 0.25) is 0 Å². The van der Waals surface area contributed by atoms with Crippen LogP contribution in [0.15, 0.2) is 364 Å². The number of anilines is 6. The Morgan fingerprint density at radius 2 is 0.631 bits per heavy atom. The molecule has 5 nitrogen and oxygen atoms in total. The number of fused-ring (bicyclic) bond motifs is 24. The number of benzene rings is 16. The van der Waals surface area contributed by atoms with E-state index in [0.717, 1.165) is 73.1 Å². The van der Waals surface area contributed by atoms with Gasteiger partial charge in [-0.05, 0) is 180 Å². The highest BCUT2D eigenvalue weighted by Crippen LogP contribution is 2.64. The Balaban J connectivity index is 0.870. The summed E-state index contributed by atoms with van der Waals surface area (Å²) in [6, 6.07) is 138. The molecule has 0 fully saturated rings. The highest BCUT2D eigenvalue weighted by Gasteiger charge is 2.53. The summed E-state index contributed by atoms with van der Waals surface area (Å²) in [7, 11) is 0. The fourth-order valence-electron chi connectivity index (χ4n) is 19.1. The zero-order chi connectivity index (χ0) is 67.2. The van der Waals surface area contributed by atoms with Crippen molar-refractivity contribution in [3.05, 3.63) is 386 Å². The fraction of sp³-hybridized carbons (Fsp3) is 0.0103. The van der Waals surface area contributed by atoms with Crippen LogP contribution in [0.25, 0.3) is 127 Å². The third-order valence-corrected chi connectivity index (χ3v) is 23.2. The quantitative estimate of drug-likeness (QED) is 0.148. The molecule has 0 atom stereocenters. The van der Waals surface area contributed by atoms with Crippen LogP contribution in [0.3, 0.4) is 0 Å². The van der Waals surface area contributed by atoms with Gasteiger partial charge in [-0.25, -0.2) is 0 Å². The molecular weight excluding hydrogens is 1250 g/mol. The Bertz CT molecular complexity index is 6660. The maximum absolute atomic E-state index is 2.68. The molecule has 6 heteroatoms. The average Bonchev–Trinajstić information content (AvgIpc) is 1.65. The van der Waals surface area contributed by atoms with E-state index in [1.807, 2.05) is 0 Å². The first-order valence-electron chi connectivity index (χ1n) is 35.8. The lowest BCUT2D eigenvalue weighted by Crippen LogP contribution is -2.61. The minimum atomic E-state index is -0.583. The van der Waals surface area contributed by atoms with Gasteiger partial charge in [-0.3, -0.25) is 0 Å². The molecule has 16 aromatic carbocycles. The minimum absolute atomic E-state index is 0.239. The van der Waals surface area contributed by atoms with Gasteiger partial charge in [0.05, 0.1) is 49.9 Å². The lowest BCUT2D eigenvalue weighted by atomic mass is 9.33. The van der Waals surface area contributed by atoms with E-state index in [1.54, 1.807) is 0 Å². The van der Waals surface area contributed by atoms with Crippen molar-refractivity contribution in [2.45, 2.75) is 5.41 Å². The normalized spacial score (nSPS) is 13.5. The van der Waals surface area contributed by atoms with Gasteiger partial charge in [0.25, 0.3) is 6.71 Å². The molecule has 0 saturated heterocycles. The second kappa shape index (κ2) is 21.3. The Morgan fingerprint density at radius 3 is 1.21 bits per heavy atom. The molecule has 103 heavy (non-hydrogen) atoms. The molecule has 0 amide bonds. The fourth-order valence-corrected chi connectivity index (χ4v) is 19.1. The number of hydrogen-bond donors (Lipinski definition) is 0. The molecule has 4 aliphatic rings.